The zero-order valence-corrected chi connectivity index (χ0v) is 11.7. The number of nitrogens with zero attached hydrogens (tertiary/aromatic N) is 2. The summed E-state index contributed by atoms with van der Waals surface area (Å²) in [6, 6.07) is 7.02. The highest BCUT2D eigenvalue weighted by Crippen LogP contribution is 1.98. The summed E-state index contributed by atoms with van der Waals surface area (Å²) in [6.07, 6.45) is 1.70. The molecule has 1 atom stereocenters. The standard InChI is InChI=1S/C14H19N3O3/c1-19-10-12(20-2)9-15-8-11-7-14(18)17-6-4-3-5-13(17)16-11/h3-7,12,15H,8-10H2,1-2H3. The number of hydrogen-bond acceptors (Lipinski definition) is 5. The summed E-state index contributed by atoms with van der Waals surface area (Å²) >= 11 is 0. The van der Waals surface area contributed by atoms with Crippen molar-refractivity contribution in [1.82, 2.24) is 14.7 Å². The molecule has 0 amide bonds. The van der Waals surface area contributed by atoms with Crippen LogP contribution in [0.15, 0.2) is 35.3 Å². The molecular formula is C14H19N3O3. The summed E-state index contributed by atoms with van der Waals surface area (Å²) in [5, 5.41) is 3.21. The van der Waals surface area contributed by atoms with Gasteiger partial charge in [0.05, 0.1) is 18.4 Å². The van der Waals surface area contributed by atoms with Crippen LogP contribution < -0.4 is 10.9 Å². The molecule has 2 aromatic rings. The van der Waals surface area contributed by atoms with E-state index in [4.69, 9.17) is 9.47 Å². The third-order valence-electron chi connectivity index (χ3n) is 2.99. The molecule has 0 aliphatic carbocycles. The Morgan fingerprint density at radius 1 is 1.40 bits per heavy atom. The fourth-order valence-electron chi connectivity index (χ4n) is 1.95. The number of aromatic nitrogens is 2. The number of methoxy groups -OCH3 is 2. The van der Waals surface area contributed by atoms with E-state index in [1.807, 2.05) is 18.2 Å². The Hall–Kier alpha value is -1.76. The van der Waals surface area contributed by atoms with Crippen LogP contribution in [-0.2, 0) is 16.0 Å². The van der Waals surface area contributed by atoms with Crippen molar-refractivity contribution in [2.45, 2.75) is 12.6 Å². The van der Waals surface area contributed by atoms with Crippen molar-refractivity contribution in [3.63, 3.8) is 0 Å². The van der Waals surface area contributed by atoms with Crippen LogP contribution in [0.2, 0.25) is 0 Å². The largest absolute Gasteiger partial charge is 0.382 e. The monoisotopic (exact) mass is 277 g/mol. The Balaban J connectivity index is 2.01. The average Bonchev–Trinajstić information content (AvgIpc) is 2.46. The molecule has 20 heavy (non-hydrogen) atoms. The summed E-state index contributed by atoms with van der Waals surface area (Å²) < 4.78 is 11.8. The van der Waals surface area contributed by atoms with Gasteiger partial charge in [0, 0.05) is 39.6 Å². The lowest BCUT2D eigenvalue weighted by molar-refractivity contribution is 0.0287. The molecule has 0 aromatic carbocycles. The van der Waals surface area contributed by atoms with Gasteiger partial charge in [-0.3, -0.25) is 9.20 Å². The lowest BCUT2D eigenvalue weighted by Gasteiger charge is -2.14. The molecule has 0 radical (unpaired) electrons. The molecule has 2 rings (SSSR count). The number of fused-ring (bicyclic) bond motifs is 1. The molecule has 1 N–H and O–H groups in total. The average molecular weight is 277 g/mol. The second kappa shape index (κ2) is 7.14. The molecule has 6 heteroatoms. The Bertz CT molecular complexity index is 612. The van der Waals surface area contributed by atoms with Crippen molar-refractivity contribution >= 4 is 5.65 Å². The topological polar surface area (TPSA) is 64.9 Å². The van der Waals surface area contributed by atoms with Crippen molar-refractivity contribution in [2.75, 3.05) is 27.4 Å². The minimum atomic E-state index is -0.0763. The molecule has 0 saturated carbocycles. The maximum absolute atomic E-state index is 11.9. The first-order valence-corrected chi connectivity index (χ1v) is 6.44. The molecule has 0 bridgehead atoms. The third-order valence-corrected chi connectivity index (χ3v) is 2.99. The molecular weight excluding hydrogens is 258 g/mol. The van der Waals surface area contributed by atoms with Gasteiger partial charge in [-0.05, 0) is 12.1 Å². The van der Waals surface area contributed by atoms with Gasteiger partial charge in [0.1, 0.15) is 5.65 Å². The number of ether oxygens (including phenoxy) is 2. The zero-order chi connectivity index (χ0) is 14.4. The molecule has 108 valence electrons. The molecule has 2 heterocycles. The van der Waals surface area contributed by atoms with E-state index in [1.165, 1.54) is 10.5 Å². The first-order valence-electron chi connectivity index (χ1n) is 6.44. The highest BCUT2D eigenvalue weighted by molar-refractivity contribution is 5.37. The van der Waals surface area contributed by atoms with Gasteiger partial charge >= 0.3 is 0 Å². The second-order valence-electron chi connectivity index (χ2n) is 4.46. The normalized spacial score (nSPS) is 12.7. The predicted molar refractivity (Wildman–Crippen MR) is 75.8 cm³/mol. The van der Waals surface area contributed by atoms with Gasteiger partial charge in [-0.1, -0.05) is 6.07 Å². The second-order valence-corrected chi connectivity index (χ2v) is 4.46. The molecule has 0 aliphatic rings. The van der Waals surface area contributed by atoms with Crippen LogP contribution >= 0.6 is 0 Å². The van der Waals surface area contributed by atoms with E-state index in [-0.39, 0.29) is 11.7 Å². The molecule has 2 aromatic heterocycles. The minimum Gasteiger partial charge on any atom is -0.382 e. The quantitative estimate of drug-likeness (QED) is 0.796. The summed E-state index contributed by atoms with van der Waals surface area (Å²) in [5.41, 5.74) is 1.29. The Morgan fingerprint density at radius 3 is 3.00 bits per heavy atom. The van der Waals surface area contributed by atoms with E-state index >= 15 is 0 Å². The van der Waals surface area contributed by atoms with Gasteiger partial charge in [0.2, 0.25) is 0 Å². The van der Waals surface area contributed by atoms with Crippen LogP contribution in [0.5, 0.6) is 0 Å². The Morgan fingerprint density at radius 2 is 2.25 bits per heavy atom. The molecule has 0 aliphatic heterocycles. The molecule has 1 unspecified atom stereocenters. The molecule has 0 saturated heterocycles. The van der Waals surface area contributed by atoms with E-state index < -0.39 is 0 Å². The van der Waals surface area contributed by atoms with Crippen LogP contribution in [0.4, 0.5) is 0 Å². The van der Waals surface area contributed by atoms with E-state index in [1.54, 1.807) is 20.4 Å². The number of hydrogen-bond donors (Lipinski definition) is 1. The van der Waals surface area contributed by atoms with Crippen LogP contribution in [0.25, 0.3) is 5.65 Å². The molecule has 6 nitrogen and oxygen atoms in total. The van der Waals surface area contributed by atoms with Crippen LogP contribution in [0.3, 0.4) is 0 Å². The third kappa shape index (κ3) is 3.63. The fourth-order valence-corrected chi connectivity index (χ4v) is 1.95. The van der Waals surface area contributed by atoms with Crippen LogP contribution in [0, 0.1) is 0 Å². The molecule has 0 fully saturated rings. The maximum atomic E-state index is 11.9. The summed E-state index contributed by atoms with van der Waals surface area (Å²) in [4.78, 5) is 16.3. The summed E-state index contributed by atoms with van der Waals surface area (Å²) in [7, 11) is 3.28. The van der Waals surface area contributed by atoms with Crippen molar-refractivity contribution < 1.29 is 9.47 Å². The first kappa shape index (κ1) is 14.6. The summed E-state index contributed by atoms with van der Waals surface area (Å²) in [6.45, 7) is 1.68. The highest BCUT2D eigenvalue weighted by atomic mass is 16.5. The van der Waals surface area contributed by atoms with Gasteiger partial charge in [-0.2, -0.15) is 0 Å². The van der Waals surface area contributed by atoms with Crippen molar-refractivity contribution in [2.24, 2.45) is 0 Å². The first-order chi connectivity index (χ1) is 9.74. The van der Waals surface area contributed by atoms with E-state index in [2.05, 4.69) is 10.3 Å². The molecule has 0 spiro atoms. The van der Waals surface area contributed by atoms with Gasteiger partial charge in [0.15, 0.2) is 0 Å². The van der Waals surface area contributed by atoms with Gasteiger partial charge in [-0.15, -0.1) is 0 Å². The predicted octanol–water partition coefficient (Wildman–Crippen LogP) is 0.446. The van der Waals surface area contributed by atoms with Crippen molar-refractivity contribution in [3.05, 3.63) is 46.5 Å². The number of pyridine rings is 1. The Kier molecular flexibility index (Phi) is 5.23. The number of nitrogens with one attached hydrogen (secondary N) is 1. The van der Waals surface area contributed by atoms with E-state index in [0.29, 0.717) is 31.0 Å². The lowest BCUT2D eigenvalue weighted by Crippen LogP contribution is -2.32. The fraction of sp³-hybridized carbons (Fsp3) is 0.429. The maximum Gasteiger partial charge on any atom is 0.258 e. The van der Waals surface area contributed by atoms with Gasteiger partial charge in [-0.25, -0.2) is 4.98 Å². The van der Waals surface area contributed by atoms with E-state index in [0.717, 1.165) is 0 Å². The zero-order valence-electron chi connectivity index (χ0n) is 11.7. The van der Waals surface area contributed by atoms with Crippen LogP contribution in [-0.4, -0.2) is 42.9 Å². The van der Waals surface area contributed by atoms with E-state index in [9.17, 15) is 4.79 Å². The number of rotatable bonds is 7. The SMILES string of the molecule is COCC(CNCc1cc(=O)n2ccccc2n1)OC. The minimum absolute atomic E-state index is 0.0125. The van der Waals surface area contributed by atoms with Crippen LogP contribution in [0.1, 0.15) is 5.69 Å². The van der Waals surface area contributed by atoms with Gasteiger partial charge in [0.25, 0.3) is 5.56 Å². The van der Waals surface area contributed by atoms with Crippen molar-refractivity contribution in [1.29, 1.82) is 0 Å². The van der Waals surface area contributed by atoms with Crippen molar-refractivity contribution in [3.8, 4) is 0 Å². The van der Waals surface area contributed by atoms with Gasteiger partial charge < -0.3 is 14.8 Å². The lowest BCUT2D eigenvalue weighted by atomic mass is 10.3. The summed E-state index contributed by atoms with van der Waals surface area (Å²) in [5.74, 6) is 0. The Labute approximate surface area is 117 Å². The smallest absolute Gasteiger partial charge is 0.258 e. The highest BCUT2D eigenvalue weighted by Gasteiger charge is 2.07.